The molecule has 5 heteroatoms. The largest absolute Gasteiger partial charge is 0.465 e. The van der Waals surface area contributed by atoms with E-state index < -0.39 is 6.04 Å². The van der Waals surface area contributed by atoms with Gasteiger partial charge in [-0.1, -0.05) is 17.7 Å². The first-order valence-electron chi connectivity index (χ1n) is 4.47. The Kier molecular flexibility index (Phi) is 9.24. The molecular formula is C9H16ClNO2S. The standard InChI is InChI=1S/C9H16ClNO2S/c1-2-13-9(12)8(11)4-7-14-6-3-5-10/h3,5,8H,2,4,6-7,11H2,1H3. The van der Waals surface area contributed by atoms with E-state index in [-0.39, 0.29) is 5.97 Å². The monoisotopic (exact) mass is 237 g/mol. The number of nitrogens with two attached hydrogens (primary N) is 1. The lowest BCUT2D eigenvalue weighted by molar-refractivity contribution is -0.144. The van der Waals surface area contributed by atoms with E-state index in [0.717, 1.165) is 11.5 Å². The highest BCUT2D eigenvalue weighted by molar-refractivity contribution is 7.99. The minimum Gasteiger partial charge on any atom is -0.465 e. The molecule has 0 aromatic heterocycles. The van der Waals surface area contributed by atoms with Gasteiger partial charge in [0.25, 0.3) is 0 Å². The van der Waals surface area contributed by atoms with Crippen molar-refractivity contribution in [2.75, 3.05) is 18.1 Å². The molecule has 0 fully saturated rings. The van der Waals surface area contributed by atoms with Crippen molar-refractivity contribution in [2.24, 2.45) is 5.73 Å². The number of ether oxygens (including phenoxy) is 1. The summed E-state index contributed by atoms with van der Waals surface area (Å²) in [5, 5.41) is 0. The van der Waals surface area contributed by atoms with Crippen LogP contribution in [0, 0.1) is 0 Å². The Morgan fingerprint density at radius 3 is 3.00 bits per heavy atom. The normalized spacial score (nSPS) is 13.1. The third-order valence-corrected chi connectivity index (χ3v) is 2.60. The maximum absolute atomic E-state index is 11.1. The predicted molar refractivity (Wildman–Crippen MR) is 61.5 cm³/mol. The summed E-state index contributed by atoms with van der Waals surface area (Å²) in [7, 11) is 0. The summed E-state index contributed by atoms with van der Waals surface area (Å²) in [6.45, 7) is 2.15. The lowest BCUT2D eigenvalue weighted by atomic mass is 10.2. The Hall–Kier alpha value is -0.190. The number of esters is 1. The average molecular weight is 238 g/mol. The van der Waals surface area contributed by atoms with Crippen LogP contribution >= 0.6 is 23.4 Å². The number of hydrogen-bond donors (Lipinski definition) is 1. The van der Waals surface area contributed by atoms with Gasteiger partial charge in [-0.05, 0) is 19.1 Å². The first-order valence-corrected chi connectivity index (χ1v) is 6.06. The minimum atomic E-state index is -0.498. The molecule has 3 nitrogen and oxygen atoms in total. The summed E-state index contributed by atoms with van der Waals surface area (Å²) in [5.41, 5.74) is 7.07. The van der Waals surface area contributed by atoms with Gasteiger partial charge in [0.05, 0.1) is 6.61 Å². The van der Waals surface area contributed by atoms with E-state index in [9.17, 15) is 4.79 Å². The van der Waals surface area contributed by atoms with Crippen molar-refractivity contribution in [3.8, 4) is 0 Å². The van der Waals surface area contributed by atoms with Gasteiger partial charge in [-0.2, -0.15) is 11.8 Å². The summed E-state index contributed by atoms with van der Waals surface area (Å²) < 4.78 is 4.77. The van der Waals surface area contributed by atoms with Crippen molar-refractivity contribution in [1.82, 2.24) is 0 Å². The lowest BCUT2D eigenvalue weighted by Crippen LogP contribution is -2.32. The Morgan fingerprint density at radius 2 is 2.43 bits per heavy atom. The number of hydrogen-bond acceptors (Lipinski definition) is 4. The highest BCUT2D eigenvalue weighted by Crippen LogP contribution is 2.05. The zero-order valence-electron chi connectivity index (χ0n) is 8.24. The average Bonchev–Trinajstić information content (AvgIpc) is 2.17. The summed E-state index contributed by atoms with van der Waals surface area (Å²) in [4.78, 5) is 11.1. The van der Waals surface area contributed by atoms with Gasteiger partial charge in [-0.15, -0.1) is 0 Å². The molecule has 0 aliphatic rings. The van der Waals surface area contributed by atoms with E-state index in [0.29, 0.717) is 13.0 Å². The van der Waals surface area contributed by atoms with Gasteiger partial charge in [0, 0.05) is 11.3 Å². The molecule has 0 bridgehead atoms. The molecule has 2 N–H and O–H groups in total. The van der Waals surface area contributed by atoms with Gasteiger partial charge >= 0.3 is 5.97 Å². The van der Waals surface area contributed by atoms with Crippen molar-refractivity contribution >= 4 is 29.3 Å². The smallest absolute Gasteiger partial charge is 0.322 e. The molecule has 14 heavy (non-hydrogen) atoms. The fraction of sp³-hybridized carbons (Fsp3) is 0.667. The molecule has 0 saturated heterocycles. The fourth-order valence-corrected chi connectivity index (χ4v) is 1.78. The van der Waals surface area contributed by atoms with E-state index in [1.54, 1.807) is 18.7 Å². The number of carbonyl (C=O) groups is 1. The highest BCUT2D eigenvalue weighted by atomic mass is 35.5. The first kappa shape index (κ1) is 13.8. The third kappa shape index (κ3) is 7.24. The molecule has 0 saturated carbocycles. The molecular weight excluding hydrogens is 222 g/mol. The van der Waals surface area contributed by atoms with Crippen molar-refractivity contribution < 1.29 is 9.53 Å². The topological polar surface area (TPSA) is 52.3 Å². The third-order valence-electron chi connectivity index (χ3n) is 1.47. The van der Waals surface area contributed by atoms with Crippen LogP contribution in [0.5, 0.6) is 0 Å². The molecule has 0 aromatic rings. The summed E-state index contributed by atoms with van der Waals surface area (Å²) in [5.74, 6) is 1.36. The molecule has 0 rings (SSSR count). The van der Waals surface area contributed by atoms with E-state index in [1.165, 1.54) is 5.54 Å². The Morgan fingerprint density at radius 1 is 1.71 bits per heavy atom. The first-order chi connectivity index (χ1) is 6.72. The van der Waals surface area contributed by atoms with Gasteiger partial charge < -0.3 is 10.5 Å². The van der Waals surface area contributed by atoms with Crippen LogP contribution in [0.25, 0.3) is 0 Å². The van der Waals surface area contributed by atoms with Crippen LogP contribution in [-0.2, 0) is 9.53 Å². The molecule has 1 atom stereocenters. The lowest BCUT2D eigenvalue weighted by Gasteiger charge is -2.09. The van der Waals surface area contributed by atoms with Crippen LogP contribution in [0.1, 0.15) is 13.3 Å². The molecule has 82 valence electrons. The second-order valence-electron chi connectivity index (χ2n) is 2.58. The zero-order chi connectivity index (χ0) is 10.8. The van der Waals surface area contributed by atoms with E-state index in [4.69, 9.17) is 22.1 Å². The van der Waals surface area contributed by atoms with Gasteiger partial charge in [-0.25, -0.2) is 0 Å². The molecule has 0 aromatic carbocycles. The van der Waals surface area contributed by atoms with Crippen LogP contribution < -0.4 is 5.73 Å². The molecule has 0 amide bonds. The van der Waals surface area contributed by atoms with Crippen molar-refractivity contribution in [1.29, 1.82) is 0 Å². The minimum absolute atomic E-state index is 0.319. The van der Waals surface area contributed by atoms with Crippen LogP contribution in [0.15, 0.2) is 11.6 Å². The summed E-state index contributed by atoms with van der Waals surface area (Å²) in [6.07, 6.45) is 2.49. The summed E-state index contributed by atoms with van der Waals surface area (Å²) >= 11 is 7.02. The van der Waals surface area contributed by atoms with E-state index >= 15 is 0 Å². The van der Waals surface area contributed by atoms with E-state index in [2.05, 4.69) is 0 Å². The van der Waals surface area contributed by atoms with Crippen molar-refractivity contribution in [3.63, 3.8) is 0 Å². The zero-order valence-corrected chi connectivity index (χ0v) is 9.81. The highest BCUT2D eigenvalue weighted by Gasteiger charge is 2.13. The quantitative estimate of drug-likeness (QED) is 0.542. The van der Waals surface area contributed by atoms with Crippen molar-refractivity contribution in [2.45, 2.75) is 19.4 Å². The number of carbonyl (C=O) groups excluding carboxylic acids is 1. The van der Waals surface area contributed by atoms with Gasteiger partial charge in [0.15, 0.2) is 0 Å². The second-order valence-corrected chi connectivity index (χ2v) is 3.99. The molecule has 0 spiro atoms. The Labute approximate surface area is 94.0 Å². The van der Waals surface area contributed by atoms with Crippen LogP contribution in [0.3, 0.4) is 0 Å². The molecule has 0 radical (unpaired) electrons. The van der Waals surface area contributed by atoms with Gasteiger partial charge in [0.1, 0.15) is 6.04 Å². The maximum Gasteiger partial charge on any atom is 0.322 e. The maximum atomic E-state index is 11.1. The fourth-order valence-electron chi connectivity index (χ4n) is 0.765. The van der Waals surface area contributed by atoms with Crippen LogP contribution in [0.4, 0.5) is 0 Å². The van der Waals surface area contributed by atoms with Gasteiger partial charge in [-0.3, -0.25) is 4.79 Å². The SMILES string of the molecule is CCOC(=O)C(N)CCSCC=CCl. The Bertz CT molecular complexity index is 188. The molecule has 0 aliphatic carbocycles. The summed E-state index contributed by atoms with van der Waals surface area (Å²) in [6, 6.07) is -0.498. The predicted octanol–water partition coefficient (Wildman–Crippen LogP) is 1.75. The van der Waals surface area contributed by atoms with E-state index in [1.807, 2.05) is 6.08 Å². The van der Waals surface area contributed by atoms with Crippen LogP contribution in [-0.4, -0.2) is 30.1 Å². The Balaban J connectivity index is 3.43. The molecule has 0 heterocycles. The number of thioether (sulfide) groups is 1. The molecule has 0 aliphatic heterocycles. The van der Waals surface area contributed by atoms with Gasteiger partial charge in [0.2, 0.25) is 0 Å². The van der Waals surface area contributed by atoms with Crippen molar-refractivity contribution in [3.05, 3.63) is 11.6 Å². The van der Waals surface area contributed by atoms with Crippen LogP contribution in [0.2, 0.25) is 0 Å². The number of rotatable bonds is 7. The number of halogens is 1. The molecule has 1 unspecified atom stereocenters. The second kappa shape index (κ2) is 9.37.